The van der Waals surface area contributed by atoms with Gasteiger partial charge in [-0.3, -0.25) is 4.79 Å². The van der Waals surface area contributed by atoms with Crippen molar-refractivity contribution in [1.29, 1.82) is 0 Å². The number of carbonyl (C=O) groups is 1. The molecule has 0 unspecified atom stereocenters. The van der Waals surface area contributed by atoms with E-state index in [1.165, 1.54) is 38.5 Å². The first-order valence-corrected chi connectivity index (χ1v) is 6.37. The Morgan fingerprint density at radius 3 is 2.33 bits per heavy atom. The Kier molecular flexibility index (Phi) is 4.33. The number of rotatable bonds is 4. The minimum atomic E-state index is -0.703. The van der Waals surface area contributed by atoms with E-state index in [0.717, 1.165) is 6.07 Å². The summed E-state index contributed by atoms with van der Waals surface area (Å²) in [6.45, 7) is 0. The van der Waals surface area contributed by atoms with Crippen LogP contribution in [0.5, 0.6) is 11.5 Å². The van der Waals surface area contributed by atoms with E-state index >= 15 is 0 Å². The number of halogens is 2. The van der Waals surface area contributed by atoms with Gasteiger partial charge in [-0.25, -0.2) is 4.39 Å². The predicted octanol–water partition coefficient (Wildman–Crippen LogP) is 3.31. The van der Waals surface area contributed by atoms with Crippen LogP contribution in [0.2, 0.25) is 5.02 Å². The average molecular weight is 310 g/mol. The predicted molar refractivity (Wildman–Crippen MR) is 78.8 cm³/mol. The first-order chi connectivity index (χ1) is 9.97. The summed E-state index contributed by atoms with van der Waals surface area (Å²) in [5.41, 5.74) is 6.04. The molecule has 0 atom stereocenters. The molecule has 2 aromatic carbocycles. The summed E-state index contributed by atoms with van der Waals surface area (Å²) < 4.78 is 24.1. The monoisotopic (exact) mass is 309 g/mol. The molecule has 110 valence electrons. The third kappa shape index (κ3) is 2.92. The van der Waals surface area contributed by atoms with Crippen LogP contribution in [0.3, 0.4) is 0 Å². The fourth-order valence-corrected chi connectivity index (χ4v) is 2.03. The molecule has 2 aromatic rings. The van der Waals surface area contributed by atoms with Crippen molar-refractivity contribution in [3.63, 3.8) is 0 Å². The van der Waals surface area contributed by atoms with Gasteiger partial charge in [0.1, 0.15) is 5.82 Å². The molecule has 2 rings (SSSR count). The lowest BCUT2D eigenvalue weighted by Gasteiger charge is -2.10. The van der Waals surface area contributed by atoms with Gasteiger partial charge in [-0.15, -0.1) is 0 Å². The second-order valence-electron chi connectivity index (χ2n) is 4.25. The SMILES string of the molecule is COc1cc(F)c(C(=O)c2ccc(N)c(Cl)c2)cc1OC. The summed E-state index contributed by atoms with van der Waals surface area (Å²) in [5, 5.41) is 0.238. The van der Waals surface area contributed by atoms with Crippen LogP contribution in [-0.2, 0) is 0 Å². The maximum absolute atomic E-state index is 14.1. The number of ether oxygens (including phenoxy) is 2. The maximum Gasteiger partial charge on any atom is 0.196 e. The molecule has 0 aliphatic carbocycles. The van der Waals surface area contributed by atoms with Gasteiger partial charge < -0.3 is 15.2 Å². The third-order valence-corrected chi connectivity index (χ3v) is 3.31. The Hall–Kier alpha value is -2.27. The van der Waals surface area contributed by atoms with Crippen LogP contribution >= 0.6 is 11.6 Å². The normalized spacial score (nSPS) is 10.3. The minimum Gasteiger partial charge on any atom is -0.493 e. The van der Waals surface area contributed by atoms with E-state index in [0.29, 0.717) is 5.69 Å². The van der Waals surface area contributed by atoms with Gasteiger partial charge in [-0.2, -0.15) is 0 Å². The van der Waals surface area contributed by atoms with Gasteiger partial charge in [0.05, 0.1) is 30.5 Å². The van der Waals surface area contributed by atoms with E-state index in [2.05, 4.69) is 0 Å². The molecule has 0 saturated heterocycles. The zero-order valence-electron chi connectivity index (χ0n) is 11.4. The van der Waals surface area contributed by atoms with Crippen molar-refractivity contribution in [2.24, 2.45) is 0 Å². The summed E-state index contributed by atoms with van der Waals surface area (Å²) in [4.78, 5) is 12.4. The van der Waals surface area contributed by atoms with Crippen molar-refractivity contribution in [2.45, 2.75) is 0 Å². The zero-order chi connectivity index (χ0) is 15.6. The fraction of sp³-hybridized carbons (Fsp3) is 0.133. The van der Waals surface area contributed by atoms with Gasteiger partial charge in [-0.1, -0.05) is 11.6 Å². The number of hydrogen-bond acceptors (Lipinski definition) is 4. The molecule has 6 heteroatoms. The number of methoxy groups -OCH3 is 2. The van der Waals surface area contributed by atoms with Crippen molar-refractivity contribution >= 4 is 23.1 Å². The zero-order valence-corrected chi connectivity index (χ0v) is 12.2. The van der Waals surface area contributed by atoms with Crippen molar-refractivity contribution < 1.29 is 18.7 Å². The van der Waals surface area contributed by atoms with Gasteiger partial charge in [0.25, 0.3) is 0 Å². The molecule has 0 radical (unpaired) electrons. The molecule has 2 N–H and O–H groups in total. The van der Waals surface area contributed by atoms with Crippen LogP contribution in [0.15, 0.2) is 30.3 Å². The molecule has 0 amide bonds. The van der Waals surface area contributed by atoms with E-state index in [1.54, 1.807) is 0 Å². The number of carbonyl (C=O) groups excluding carboxylic acids is 1. The van der Waals surface area contributed by atoms with Crippen LogP contribution in [0, 0.1) is 5.82 Å². The van der Waals surface area contributed by atoms with Gasteiger partial charge >= 0.3 is 0 Å². The van der Waals surface area contributed by atoms with E-state index in [4.69, 9.17) is 26.8 Å². The minimum absolute atomic E-state index is 0.131. The number of nitrogen functional groups attached to an aromatic ring is 1. The molecular formula is C15H13ClFNO3. The molecule has 0 aliphatic rings. The Morgan fingerprint density at radius 1 is 1.14 bits per heavy atom. The smallest absolute Gasteiger partial charge is 0.196 e. The van der Waals surface area contributed by atoms with Crippen molar-refractivity contribution in [3.05, 3.63) is 52.3 Å². The largest absolute Gasteiger partial charge is 0.493 e. The molecule has 0 heterocycles. The lowest BCUT2D eigenvalue weighted by atomic mass is 10.0. The first-order valence-electron chi connectivity index (χ1n) is 5.99. The highest BCUT2D eigenvalue weighted by atomic mass is 35.5. The average Bonchev–Trinajstić information content (AvgIpc) is 2.49. The van der Waals surface area contributed by atoms with Gasteiger partial charge in [0, 0.05) is 11.6 Å². The van der Waals surface area contributed by atoms with E-state index in [1.807, 2.05) is 0 Å². The van der Waals surface area contributed by atoms with Gasteiger partial charge in [-0.05, 0) is 24.3 Å². The van der Waals surface area contributed by atoms with E-state index in [9.17, 15) is 9.18 Å². The molecule has 0 saturated carbocycles. The Bertz CT molecular complexity index is 704. The summed E-state index contributed by atoms with van der Waals surface area (Å²) in [7, 11) is 2.79. The van der Waals surface area contributed by atoms with Crippen molar-refractivity contribution in [1.82, 2.24) is 0 Å². The molecular weight excluding hydrogens is 297 g/mol. The fourth-order valence-electron chi connectivity index (χ4n) is 1.85. The van der Waals surface area contributed by atoms with Crippen LogP contribution in [0.4, 0.5) is 10.1 Å². The van der Waals surface area contributed by atoms with Gasteiger partial charge in [0.15, 0.2) is 17.3 Å². The third-order valence-electron chi connectivity index (χ3n) is 2.98. The second kappa shape index (κ2) is 6.01. The lowest BCUT2D eigenvalue weighted by Crippen LogP contribution is -2.06. The highest BCUT2D eigenvalue weighted by Crippen LogP contribution is 2.31. The highest BCUT2D eigenvalue weighted by molar-refractivity contribution is 6.33. The number of benzene rings is 2. The Labute approximate surface area is 126 Å². The topological polar surface area (TPSA) is 61.5 Å². The summed E-state index contributed by atoms with van der Waals surface area (Å²) in [6, 6.07) is 6.77. The van der Waals surface area contributed by atoms with Crippen molar-refractivity contribution in [2.75, 3.05) is 20.0 Å². The number of hydrogen-bond donors (Lipinski definition) is 1. The van der Waals surface area contributed by atoms with Gasteiger partial charge in [0.2, 0.25) is 0 Å². The van der Waals surface area contributed by atoms with E-state index in [-0.39, 0.29) is 27.6 Å². The number of nitrogens with two attached hydrogens (primary N) is 1. The molecule has 0 fully saturated rings. The Balaban J connectivity index is 2.50. The quantitative estimate of drug-likeness (QED) is 0.695. The maximum atomic E-state index is 14.1. The lowest BCUT2D eigenvalue weighted by molar-refractivity contribution is 0.103. The van der Waals surface area contributed by atoms with Crippen LogP contribution in [0.25, 0.3) is 0 Å². The standard InChI is InChI=1S/C15H13ClFNO3/c1-20-13-6-9(11(17)7-14(13)21-2)15(19)8-3-4-12(18)10(16)5-8/h3-7H,18H2,1-2H3. The van der Waals surface area contributed by atoms with Crippen LogP contribution in [0.1, 0.15) is 15.9 Å². The number of anilines is 1. The summed E-state index contributed by atoms with van der Waals surface area (Å²) in [5.74, 6) is -0.744. The molecule has 21 heavy (non-hydrogen) atoms. The highest BCUT2D eigenvalue weighted by Gasteiger charge is 2.19. The molecule has 0 aromatic heterocycles. The molecule has 0 spiro atoms. The first kappa shape index (κ1) is 15.1. The number of ketones is 1. The molecule has 0 bridgehead atoms. The van der Waals surface area contributed by atoms with Crippen molar-refractivity contribution in [3.8, 4) is 11.5 Å². The van der Waals surface area contributed by atoms with Crippen LogP contribution in [-0.4, -0.2) is 20.0 Å². The van der Waals surface area contributed by atoms with E-state index < -0.39 is 11.6 Å². The Morgan fingerprint density at radius 2 is 1.76 bits per heavy atom. The summed E-state index contributed by atoms with van der Waals surface area (Å²) >= 11 is 5.88. The second-order valence-corrected chi connectivity index (χ2v) is 4.66. The summed E-state index contributed by atoms with van der Waals surface area (Å²) in [6.07, 6.45) is 0. The van der Waals surface area contributed by atoms with Crippen LogP contribution < -0.4 is 15.2 Å². The molecule has 4 nitrogen and oxygen atoms in total. The molecule has 0 aliphatic heterocycles.